The molecule has 0 radical (unpaired) electrons. The summed E-state index contributed by atoms with van der Waals surface area (Å²) in [5.41, 5.74) is 0.365. The number of nitrogens with zero attached hydrogens (tertiary/aromatic N) is 2. The smallest absolute Gasteiger partial charge is 0.249 e. The zero-order chi connectivity index (χ0) is 17.2. The average Bonchev–Trinajstić information content (AvgIpc) is 2.50. The number of anilines is 1. The maximum absolute atomic E-state index is 12.7. The number of rotatable bonds is 3. The third kappa shape index (κ3) is 3.66. The van der Waals surface area contributed by atoms with Gasteiger partial charge in [-0.1, -0.05) is 20.8 Å². The number of hydrogen-bond acceptors (Lipinski definition) is 3. The molecule has 0 saturated carbocycles. The quantitative estimate of drug-likeness (QED) is 0.861. The summed E-state index contributed by atoms with van der Waals surface area (Å²) in [5.74, 6) is 0.765. The second-order valence-electron chi connectivity index (χ2n) is 6.84. The van der Waals surface area contributed by atoms with Gasteiger partial charge in [0.05, 0.1) is 6.61 Å². The predicted molar refractivity (Wildman–Crippen MR) is 90.6 cm³/mol. The van der Waals surface area contributed by atoms with Gasteiger partial charge in [0.1, 0.15) is 11.8 Å². The van der Waals surface area contributed by atoms with E-state index in [1.807, 2.05) is 52.0 Å². The normalized spacial score (nSPS) is 19.0. The van der Waals surface area contributed by atoms with Gasteiger partial charge in [-0.15, -0.1) is 0 Å². The van der Waals surface area contributed by atoms with Crippen LogP contribution in [-0.2, 0) is 9.59 Å². The molecule has 5 nitrogen and oxygen atoms in total. The van der Waals surface area contributed by atoms with Gasteiger partial charge >= 0.3 is 0 Å². The van der Waals surface area contributed by atoms with Gasteiger partial charge in [-0.05, 0) is 38.1 Å². The van der Waals surface area contributed by atoms with Crippen molar-refractivity contribution in [2.45, 2.75) is 40.7 Å². The molecule has 1 aromatic rings. The maximum Gasteiger partial charge on any atom is 0.249 e. The van der Waals surface area contributed by atoms with E-state index in [-0.39, 0.29) is 11.8 Å². The molecule has 1 heterocycles. The standard InChI is InChI=1S/C18H26N2O3/c1-6-23-15-9-7-14(8-10-15)20-12-11-19(13(2)16(20)21)17(22)18(3,4)5/h7-10,13H,6,11-12H2,1-5H3. The molecule has 2 amide bonds. The van der Waals surface area contributed by atoms with Gasteiger partial charge in [0.15, 0.2) is 0 Å². The number of piperazine rings is 1. The Bertz CT molecular complexity index is 575. The molecule has 0 spiro atoms. The van der Waals surface area contributed by atoms with Crippen molar-refractivity contribution in [2.75, 3.05) is 24.6 Å². The van der Waals surface area contributed by atoms with Crippen molar-refractivity contribution < 1.29 is 14.3 Å². The Morgan fingerprint density at radius 2 is 1.83 bits per heavy atom. The van der Waals surface area contributed by atoms with E-state index >= 15 is 0 Å². The van der Waals surface area contributed by atoms with Crippen molar-refractivity contribution in [3.63, 3.8) is 0 Å². The molecule has 1 aromatic carbocycles. The van der Waals surface area contributed by atoms with Crippen LogP contribution in [0.4, 0.5) is 5.69 Å². The number of ether oxygens (including phenoxy) is 1. The molecule has 2 rings (SSSR count). The number of benzene rings is 1. The molecular weight excluding hydrogens is 292 g/mol. The lowest BCUT2D eigenvalue weighted by Gasteiger charge is -2.41. The Labute approximate surface area is 138 Å². The first-order valence-corrected chi connectivity index (χ1v) is 8.11. The molecule has 23 heavy (non-hydrogen) atoms. The first-order valence-electron chi connectivity index (χ1n) is 8.11. The van der Waals surface area contributed by atoms with Crippen LogP contribution in [0.3, 0.4) is 0 Å². The maximum atomic E-state index is 12.7. The molecule has 126 valence electrons. The fraction of sp³-hybridized carbons (Fsp3) is 0.556. The average molecular weight is 318 g/mol. The summed E-state index contributed by atoms with van der Waals surface area (Å²) >= 11 is 0. The second kappa shape index (κ2) is 6.60. The van der Waals surface area contributed by atoms with Crippen LogP contribution in [0.15, 0.2) is 24.3 Å². The second-order valence-corrected chi connectivity index (χ2v) is 6.84. The van der Waals surface area contributed by atoms with Crippen LogP contribution in [0.25, 0.3) is 0 Å². The van der Waals surface area contributed by atoms with Gasteiger partial charge in [-0.3, -0.25) is 9.59 Å². The molecule has 1 aliphatic heterocycles. The molecule has 1 atom stereocenters. The van der Waals surface area contributed by atoms with Crippen LogP contribution in [-0.4, -0.2) is 42.5 Å². The van der Waals surface area contributed by atoms with Crippen LogP contribution in [0.5, 0.6) is 5.75 Å². The molecule has 1 fully saturated rings. The summed E-state index contributed by atoms with van der Waals surface area (Å²) in [6, 6.07) is 7.06. The minimum absolute atomic E-state index is 0.0182. The molecule has 0 bridgehead atoms. The number of carbonyl (C=O) groups excluding carboxylic acids is 2. The van der Waals surface area contributed by atoms with Gasteiger partial charge in [0, 0.05) is 24.2 Å². The summed E-state index contributed by atoms with van der Waals surface area (Å²) in [5, 5.41) is 0. The van der Waals surface area contributed by atoms with E-state index in [2.05, 4.69) is 0 Å². The third-order valence-corrected chi connectivity index (χ3v) is 4.02. The number of amides is 2. The van der Waals surface area contributed by atoms with Crippen molar-refractivity contribution in [3.8, 4) is 5.75 Å². The van der Waals surface area contributed by atoms with Crippen molar-refractivity contribution in [1.82, 2.24) is 4.90 Å². The van der Waals surface area contributed by atoms with Crippen molar-refractivity contribution >= 4 is 17.5 Å². The highest BCUT2D eigenvalue weighted by Crippen LogP contribution is 2.26. The number of carbonyl (C=O) groups is 2. The van der Waals surface area contributed by atoms with Gasteiger partial charge in [0.2, 0.25) is 11.8 Å². The minimum atomic E-state index is -0.476. The highest BCUT2D eigenvalue weighted by Gasteiger charge is 2.38. The molecule has 1 saturated heterocycles. The summed E-state index contributed by atoms with van der Waals surface area (Å²) in [7, 11) is 0. The summed E-state index contributed by atoms with van der Waals surface area (Å²) < 4.78 is 5.43. The van der Waals surface area contributed by atoms with Crippen molar-refractivity contribution in [2.24, 2.45) is 5.41 Å². The van der Waals surface area contributed by atoms with Gasteiger partial charge in [-0.25, -0.2) is 0 Å². The van der Waals surface area contributed by atoms with E-state index in [0.29, 0.717) is 19.7 Å². The fourth-order valence-corrected chi connectivity index (χ4v) is 2.72. The lowest BCUT2D eigenvalue weighted by Crippen LogP contribution is -2.59. The molecule has 1 aliphatic rings. The summed E-state index contributed by atoms with van der Waals surface area (Å²) in [6.45, 7) is 11.1. The molecule has 0 aromatic heterocycles. The van der Waals surface area contributed by atoms with E-state index in [9.17, 15) is 9.59 Å². The highest BCUT2D eigenvalue weighted by atomic mass is 16.5. The predicted octanol–water partition coefficient (Wildman–Crippen LogP) is 2.70. The van der Waals surface area contributed by atoms with E-state index in [1.165, 1.54) is 0 Å². The van der Waals surface area contributed by atoms with Crippen LogP contribution in [0.2, 0.25) is 0 Å². The Hall–Kier alpha value is -2.04. The minimum Gasteiger partial charge on any atom is -0.494 e. The van der Waals surface area contributed by atoms with Crippen LogP contribution in [0, 0.1) is 5.41 Å². The molecular formula is C18H26N2O3. The van der Waals surface area contributed by atoms with E-state index in [0.717, 1.165) is 11.4 Å². The van der Waals surface area contributed by atoms with Crippen molar-refractivity contribution in [1.29, 1.82) is 0 Å². The third-order valence-electron chi connectivity index (χ3n) is 4.02. The lowest BCUT2D eigenvalue weighted by molar-refractivity contribution is -0.147. The van der Waals surface area contributed by atoms with E-state index in [4.69, 9.17) is 4.74 Å². The summed E-state index contributed by atoms with van der Waals surface area (Å²) in [4.78, 5) is 28.6. The summed E-state index contributed by atoms with van der Waals surface area (Å²) in [6.07, 6.45) is 0. The highest BCUT2D eigenvalue weighted by molar-refractivity contribution is 6.00. The Kier molecular flexibility index (Phi) is 4.97. The van der Waals surface area contributed by atoms with Gasteiger partial charge in [-0.2, -0.15) is 0 Å². The van der Waals surface area contributed by atoms with E-state index in [1.54, 1.807) is 16.7 Å². The van der Waals surface area contributed by atoms with Crippen LogP contribution in [0.1, 0.15) is 34.6 Å². The molecule has 5 heteroatoms. The SMILES string of the molecule is CCOc1ccc(N2CCN(C(=O)C(C)(C)C)C(C)C2=O)cc1. The zero-order valence-corrected chi connectivity index (χ0v) is 14.6. The Morgan fingerprint density at radius 1 is 1.22 bits per heavy atom. The van der Waals surface area contributed by atoms with Crippen LogP contribution < -0.4 is 9.64 Å². The monoisotopic (exact) mass is 318 g/mol. The molecule has 0 N–H and O–H groups in total. The number of hydrogen-bond donors (Lipinski definition) is 0. The van der Waals surface area contributed by atoms with Crippen LogP contribution >= 0.6 is 0 Å². The lowest BCUT2D eigenvalue weighted by atomic mass is 9.93. The molecule has 1 unspecified atom stereocenters. The Balaban J connectivity index is 2.13. The first-order chi connectivity index (χ1) is 10.8. The van der Waals surface area contributed by atoms with Gasteiger partial charge in [0.25, 0.3) is 0 Å². The fourth-order valence-electron chi connectivity index (χ4n) is 2.72. The Morgan fingerprint density at radius 3 is 2.35 bits per heavy atom. The van der Waals surface area contributed by atoms with Crippen molar-refractivity contribution in [3.05, 3.63) is 24.3 Å². The molecule has 0 aliphatic carbocycles. The van der Waals surface area contributed by atoms with E-state index < -0.39 is 11.5 Å². The zero-order valence-electron chi connectivity index (χ0n) is 14.6. The topological polar surface area (TPSA) is 49.9 Å². The first kappa shape index (κ1) is 17.3. The van der Waals surface area contributed by atoms with Gasteiger partial charge < -0.3 is 14.5 Å². The largest absolute Gasteiger partial charge is 0.494 e.